The van der Waals surface area contributed by atoms with Crippen LogP contribution in [0.2, 0.25) is 0 Å². The number of nitrogens with zero attached hydrogens (tertiary/aromatic N) is 3. The summed E-state index contributed by atoms with van der Waals surface area (Å²) in [5.41, 5.74) is 5.17. The molecule has 2 aliphatic heterocycles. The molecule has 1 N–H and O–H groups in total. The standard InChI is InChI=1S/C25H26N4O2/c30-25(20-9-10-24(26-17-20)28-13-15-31-16-14-28)27-22-7-3-1-6-21(22)18-29-12-11-19-5-2-4-8-23(19)29/h1-10,17H,11-16,18H2,(H,27,30). The zero-order valence-electron chi connectivity index (χ0n) is 17.5. The molecule has 0 saturated carbocycles. The monoisotopic (exact) mass is 414 g/mol. The van der Waals surface area contributed by atoms with Crippen LogP contribution in [0.15, 0.2) is 66.9 Å². The summed E-state index contributed by atoms with van der Waals surface area (Å²) in [6.45, 7) is 4.83. The number of carbonyl (C=O) groups excluding carboxylic acids is 1. The summed E-state index contributed by atoms with van der Waals surface area (Å²) in [4.78, 5) is 21.9. The van der Waals surface area contributed by atoms with Gasteiger partial charge in [0.1, 0.15) is 5.82 Å². The van der Waals surface area contributed by atoms with Crippen molar-refractivity contribution in [2.24, 2.45) is 0 Å². The second-order valence-electron chi connectivity index (χ2n) is 7.92. The Morgan fingerprint density at radius 3 is 2.61 bits per heavy atom. The van der Waals surface area contributed by atoms with E-state index >= 15 is 0 Å². The average molecular weight is 415 g/mol. The Morgan fingerprint density at radius 1 is 0.968 bits per heavy atom. The van der Waals surface area contributed by atoms with E-state index in [1.165, 1.54) is 11.3 Å². The van der Waals surface area contributed by atoms with E-state index in [0.717, 1.165) is 49.7 Å². The summed E-state index contributed by atoms with van der Waals surface area (Å²) in [6, 6.07) is 20.3. The first-order valence-electron chi connectivity index (χ1n) is 10.8. The number of pyridine rings is 1. The van der Waals surface area contributed by atoms with Gasteiger partial charge in [0.2, 0.25) is 0 Å². The third-order valence-electron chi connectivity index (χ3n) is 5.96. The molecule has 0 radical (unpaired) electrons. The normalized spacial score (nSPS) is 15.6. The van der Waals surface area contributed by atoms with Gasteiger partial charge in [-0.2, -0.15) is 0 Å². The van der Waals surface area contributed by atoms with Crippen LogP contribution in [0.1, 0.15) is 21.5 Å². The summed E-state index contributed by atoms with van der Waals surface area (Å²) < 4.78 is 5.39. The van der Waals surface area contributed by atoms with Crippen molar-refractivity contribution in [1.82, 2.24) is 4.98 Å². The number of fused-ring (bicyclic) bond motifs is 1. The minimum Gasteiger partial charge on any atom is -0.378 e. The first-order valence-corrected chi connectivity index (χ1v) is 10.8. The van der Waals surface area contributed by atoms with Gasteiger partial charge in [-0.15, -0.1) is 0 Å². The Hall–Kier alpha value is -3.38. The van der Waals surface area contributed by atoms with E-state index in [2.05, 4.69) is 50.4 Å². The van der Waals surface area contributed by atoms with E-state index in [0.29, 0.717) is 18.8 Å². The van der Waals surface area contributed by atoms with Crippen LogP contribution in [0.3, 0.4) is 0 Å². The Balaban J connectivity index is 1.29. The van der Waals surface area contributed by atoms with E-state index < -0.39 is 0 Å². The molecular weight excluding hydrogens is 388 g/mol. The Morgan fingerprint density at radius 2 is 1.77 bits per heavy atom. The molecule has 3 aromatic rings. The van der Waals surface area contributed by atoms with Gasteiger partial charge in [-0.3, -0.25) is 4.79 Å². The van der Waals surface area contributed by atoms with Gasteiger partial charge in [-0.1, -0.05) is 36.4 Å². The third-order valence-corrected chi connectivity index (χ3v) is 5.96. The zero-order valence-corrected chi connectivity index (χ0v) is 17.5. The van der Waals surface area contributed by atoms with Gasteiger partial charge < -0.3 is 19.9 Å². The van der Waals surface area contributed by atoms with Crippen molar-refractivity contribution in [2.75, 3.05) is 48.0 Å². The molecule has 0 atom stereocenters. The molecule has 0 unspecified atom stereocenters. The number of nitrogens with one attached hydrogen (secondary N) is 1. The number of benzene rings is 2. The fourth-order valence-corrected chi connectivity index (χ4v) is 4.25. The Labute approximate surface area is 182 Å². The largest absolute Gasteiger partial charge is 0.378 e. The van der Waals surface area contributed by atoms with Gasteiger partial charge in [-0.05, 0) is 41.8 Å². The molecule has 0 bridgehead atoms. The molecule has 1 amide bonds. The lowest BCUT2D eigenvalue weighted by atomic mass is 10.1. The lowest BCUT2D eigenvalue weighted by Gasteiger charge is -2.27. The molecule has 1 saturated heterocycles. The number of rotatable bonds is 5. The molecule has 1 fully saturated rings. The maximum Gasteiger partial charge on any atom is 0.257 e. The van der Waals surface area contributed by atoms with Crippen molar-refractivity contribution in [2.45, 2.75) is 13.0 Å². The SMILES string of the molecule is O=C(Nc1ccccc1CN1CCc2ccccc21)c1ccc(N2CCOCC2)nc1. The molecule has 0 aliphatic carbocycles. The molecule has 31 heavy (non-hydrogen) atoms. The van der Waals surface area contributed by atoms with Crippen LogP contribution in [0.25, 0.3) is 0 Å². The maximum atomic E-state index is 12.9. The molecule has 5 rings (SSSR count). The molecule has 6 heteroatoms. The van der Waals surface area contributed by atoms with Gasteiger partial charge in [-0.25, -0.2) is 4.98 Å². The number of hydrogen-bond donors (Lipinski definition) is 1. The highest BCUT2D eigenvalue weighted by Gasteiger charge is 2.20. The van der Waals surface area contributed by atoms with E-state index in [4.69, 9.17) is 4.74 Å². The number of anilines is 3. The highest BCUT2D eigenvalue weighted by Crippen LogP contribution is 2.30. The smallest absolute Gasteiger partial charge is 0.257 e. The number of aromatic nitrogens is 1. The third kappa shape index (κ3) is 4.25. The van der Waals surface area contributed by atoms with Gasteiger partial charge in [0.25, 0.3) is 5.91 Å². The summed E-state index contributed by atoms with van der Waals surface area (Å²) >= 11 is 0. The van der Waals surface area contributed by atoms with Crippen molar-refractivity contribution < 1.29 is 9.53 Å². The average Bonchev–Trinajstić information content (AvgIpc) is 3.24. The van der Waals surface area contributed by atoms with E-state index in [1.54, 1.807) is 6.20 Å². The first kappa shape index (κ1) is 19.6. The van der Waals surface area contributed by atoms with Gasteiger partial charge in [0, 0.05) is 43.8 Å². The van der Waals surface area contributed by atoms with Crippen molar-refractivity contribution in [3.63, 3.8) is 0 Å². The van der Waals surface area contributed by atoms with Gasteiger partial charge >= 0.3 is 0 Å². The van der Waals surface area contributed by atoms with Crippen molar-refractivity contribution in [3.05, 3.63) is 83.6 Å². The van der Waals surface area contributed by atoms with Crippen molar-refractivity contribution in [1.29, 1.82) is 0 Å². The number of amides is 1. The molecule has 158 valence electrons. The Bertz CT molecular complexity index is 1060. The van der Waals surface area contributed by atoms with E-state index in [9.17, 15) is 4.79 Å². The van der Waals surface area contributed by atoms with E-state index in [1.807, 2.05) is 30.3 Å². The molecule has 0 spiro atoms. The second kappa shape index (κ2) is 8.78. The zero-order chi connectivity index (χ0) is 21.0. The van der Waals surface area contributed by atoms with Crippen molar-refractivity contribution in [3.8, 4) is 0 Å². The minimum atomic E-state index is -0.143. The fourth-order valence-electron chi connectivity index (χ4n) is 4.25. The topological polar surface area (TPSA) is 57.7 Å². The molecule has 3 heterocycles. The summed E-state index contributed by atoms with van der Waals surface area (Å²) in [5.74, 6) is 0.739. The maximum absolute atomic E-state index is 12.9. The van der Waals surface area contributed by atoms with Crippen molar-refractivity contribution >= 4 is 23.1 Å². The molecule has 1 aromatic heterocycles. The van der Waals surface area contributed by atoms with Crippen LogP contribution in [0.4, 0.5) is 17.2 Å². The lowest BCUT2D eigenvalue weighted by molar-refractivity contribution is 0.102. The fraction of sp³-hybridized carbons (Fsp3) is 0.280. The van der Waals surface area contributed by atoms with E-state index in [-0.39, 0.29) is 5.91 Å². The number of carbonyl (C=O) groups is 1. The molecule has 2 aromatic carbocycles. The summed E-state index contributed by atoms with van der Waals surface area (Å²) in [7, 11) is 0. The van der Waals surface area contributed by atoms with Gasteiger partial charge in [0.15, 0.2) is 0 Å². The molecule has 2 aliphatic rings. The highest BCUT2D eigenvalue weighted by atomic mass is 16.5. The van der Waals surface area contributed by atoms with Gasteiger partial charge in [0.05, 0.1) is 18.8 Å². The number of morpholine rings is 1. The highest BCUT2D eigenvalue weighted by molar-refractivity contribution is 6.04. The summed E-state index contributed by atoms with van der Waals surface area (Å²) in [6.07, 6.45) is 2.71. The lowest BCUT2D eigenvalue weighted by Crippen LogP contribution is -2.36. The number of ether oxygens (including phenoxy) is 1. The van der Waals surface area contributed by atoms with Crippen LogP contribution in [0, 0.1) is 0 Å². The minimum absolute atomic E-state index is 0.143. The number of hydrogen-bond acceptors (Lipinski definition) is 5. The van der Waals surface area contributed by atoms with Crippen LogP contribution < -0.4 is 15.1 Å². The molecular formula is C25H26N4O2. The quantitative estimate of drug-likeness (QED) is 0.689. The predicted octanol–water partition coefficient (Wildman–Crippen LogP) is 3.73. The van der Waals surface area contributed by atoms with Crippen LogP contribution in [0.5, 0.6) is 0 Å². The first-order chi connectivity index (χ1) is 15.3. The van der Waals surface area contributed by atoms with Crippen LogP contribution in [-0.4, -0.2) is 43.7 Å². The van der Waals surface area contributed by atoms with Crippen LogP contribution in [-0.2, 0) is 17.7 Å². The second-order valence-corrected chi connectivity index (χ2v) is 7.92. The Kier molecular flexibility index (Phi) is 5.54. The predicted molar refractivity (Wildman–Crippen MR) is 123 cm³/mol. The number of para-hydroxylation sites is 2. The molecule has 6 nitrogen and oxygen atoms in total. The summed E-state index contributed by atoms with van der Waals surface area (Å²) in [5, 5.41) is 3.08. The van der Waals surface area contributed by atoms with Crippen LogP contribution >= 0.6 is 0 Å².